The molecule has 0 radical (unpaired) electrons. The van der Waals surface area contributed by atoms with Crippen molar-refractivity contribution in [1.29, 1.82) is 0 Å². The number of carbonyl (C=O) groups is 2. The normalized spacial score (nSPS) is 14.3. The fraction of sp³-hybridized carbons (Fsp3) is 0.800. The van der Waals surface area contributed by atoms with Crippen molar-refractivity contribution in [2.45, 2.75) is 26.7 Å². The molecule has 0 aliphatic carbocycles. The van der Waals surface area contributed by atoms with Crippen molar-refractivity contribution < 1.29 is 19.4 Å². The van der Waals surface area contributed by atoms with Crippen LogP contribution in [0.4, 0.5) is 0 Å². The molecule has 0 aliphatic heterocycles. The molecular formula is C10H18O4S. The first-order valence-electron chi connectivity index (χ1n) is 4.88. The summed E-state index contributed by atoms with van der Waals surface area (Å²) in [6.45, 7) is 3.31. The Morgan fingerprint density at radius 1 is 1.47 bits per heavy atom. The number of ether oxygens (including phenoxy) is 1. The maximum Gasteiger partial charge on any atom is 0.323 e. The summed E-state index contributed by atoms with van der Waals surface area (Å²) in [5, 5.41) is 9.02. The molecule has 0 saturated heterocycles. The van der Waals surface area contributed by atoms with Crippen LogP contribution < -0.4 is 0 Å². The molecule has 0 aromatic rings. The number of carbonyl (C=O) groups excluding carboxylic acids is 1. The van der Waals surface area contributed by atoms with E-state index < -0.39 is 17.4 Å². The van der Waals surface area contributed by atoms with Gasteiger partial charge in [0.25, 0.3) is 0 Å². The van der Waals surface area contributed by atoms with E-state index in [1.54, 1.807) is 18.7 Å². The first kappa shape index (κ1) is 14.3. The van der Waals surface area contributed by atoms with E-state index in [0.29, 0.717) is 12.8 Å². The maximum atomic E-state index is 11.5. The number of rotatable bonds is 7. The van der Waals surface area contributed by atoms with Gasteiger partial charge >= 0.3 is 11.9 Å². The minimum atomic E-state index is -1.40. The van der Waals surface area contributed by atoms with Crippen molar-refractivity contribution in [2.75, 3.05) is 18.6 Å². The molecule has 1 N–H and O–H groups in total. The van der Waals surface area contributed by atoms with Gasteiger partial charge < -0.3 is 9.84 Å². The Bertz CT molecular complexity index is 229. The SMILES string of the molecule is CCOC(=O)C(C)(CCCSC)C(=O)O. The van der Waals surface area contributed by atoms with Gasteiger partial charge in [0.05, 0.1) is 6.61 Å². The molecule has 0 aromatic heterocycles. The first-order valence-corrected chi connectivity index (χ1v) is 6.28. The summed E-state index contributed by atoms with van der Waals surface area (Å²) in [6, 6.07) is 0. The van der Waals surface area contributed by atoms with Crippen molar-refractivity contribution in [1.82, 2.24) is 0 Å². The van der Waals surface area contributed by atoms with Gasteiger partial charge in [-0.2, -0.15) is 11.8 Å². The van der Waals surface area contributed by atoms with Crippen molar-refractivity contribution >= 4 is 23.7 Å². The lowest BCUT2D eigenvalue weighted by atomic mass is 9.86. The van der Waals surface area contributed by atoms with E-state index in [1.807, 2.05) is 6.26 Å². The zero-order valence-corrected chi connectivity index (χ0v) is 10.2. The summed E-state index contributed by atoms with van der Waals surface area (Å²) in [5.41, 5.74) is -1.40. The molecule has 0 heterocycles. The Morgan fingerprint density at radius 3 is 2.47 bits per heavy atom. The second kappa shape index (κ2) is 6.71. The minimum absolute atomic E-state index is 0.213. The van der Waals surface area contributed by atoms with Crippen molar-refractivity contribution in [3.8, 4) is 0 Å². The van der Waals surface area contributed by atoms with Crippen LogP contribution in [0.1, 0.15) is 26.7 Å². The summed E-state index contributed by atoms with van der Waals surface area (Å²) < 4.78 is 4.77. The van der Waals surface area contributed by atoms with Gasteiger partial charge in [0, 0.05) is 0 Å². The highest BCUT2D eigenvalue weighted by molar-refractivity contribution is 7.98. The molecule has 5 heteroatoms. The highest BCUT2D eigenvalue weighted by Crippen LogP contribution is 2.26. The number of thioether (sulfide) groups is 1. The second-order valence-electron chi connectivity index (χ2n) is 3.45. The molecule has 15 heavy (non-hydrogen) atoms. The summed E-state index contributed by atoms with van der Waals surface area (Å²) in [6.07, 6.45) is 2.97. The van der Waals surface area contributed by atoms with Gasteiger partial charge in [-0.1, -0.05) is 0 Å². The molecule has 88 valence electrons. The van der Waals surface area contributed by atoms with E-state index in [0.717, 1.165) is 5.75 Å². The van der Waals surface area contributed by atoms with Crippen LogP contribution in [0.15, 0.2) is 0 Å². The average molecular weight is 234 g/mol. The fourth-order valence-corrected chi connectivity index (χ4v) is 1.59. The Balaban J connectivity index is 4.44. The van der Waals surface area contributed by atoms with E-state index in [2.05, 4.69) is 0 Å². The third kappa shape index (κ3) is 4.11. The van der Waals surface area contributed by atoms with Gasteiger partial charge in [0.15, 0.2) is 5.41 Å². The van der Waals surface area contributed by atoms with E-state index in [-0.39, 0.29) is 6.61 Å². The van der Waals surface area contributed by atoms with Gasteiger partial charge in [0.2, 0.25) is 0 Å². The lowest BCUT2D eigenvalue weighted by Gasteiger charge is -2.22. The molecule has 0 fully saturated rings. The monoisotopic (exact) mass is 234 g/mol. The van der Waals surface area contributed by atoms with Gasteiger partial charge in [-0.15, -0.1) is 0 Å². The molecule has 0 spiro atoms. The van der Waals surface area contributed by atoms with Crippen LogP contribution in [0.25, 0.3) is 0 Å². The summed E-state index contributed by atoms with van der Waals surface area (Å²) >= 11 is 1.63. The van der Waals surface area contributed by atoms with Crippen LogP contribution in [-0.2, 0) is 14.3 Å². The molecule has 0 rings (SSSR count). The number of hydrogen-bond acceptors (Lipinski definition) is 4. The fourth-order valence-electron chi connectivity index (χ4n) is 1.16. The summed E-state index contributed by atoms with van der Waals surface area (Å²) in [4.78, 5) is 22.5. The van der Waals surface area contributed by atoms with Crippen LogP contribution in [-0.4, -0.2) is 35.7 Å². The Kier molecular flexibility index (Phi) is 6.40. The molecule has 0 saturated carbocycles. The largest absolute Gasteiger partial charge is 0.480 e. The minimum Gasteiger partial charge on any atom is -0.480 e. The van der Waals surface area contributed by atoms with Crippen LogP contribution in [0.3, 0.4) is 0 Å². The van der Waals surface area contributed by atoms with Crippen molar-refractivity contribution in [3.63, 3.8) is 0 Å². The predicted molar refractivity (Wildman–Crippen MR) is 60.0 cm³/mol. The lowest BCUT2D eigenvalue weighted by molar-refractivity contribution is -0.167. The van der Waals surface area contributed by atoms with E-state index in [4.69, 9.17) is 9.84 Å². The Labute approximate surface area is 94.4 Å². The number of carboxylic acid groups (broad SMARTS) is 1. The third-order valence-corrected chi connectivity index (χ3v) is 2.92. The molecule has 0 aliphatic rings. The van der Waals surface area contributed by atoms with Crippen LogP contribution >= 0.6 is 11.8 Å². The smallest absolute Gasteiger partial charge is 0.323 e. The standard InChI is InChI=1S/C10H18O4S/c1-4-14-9(13)10(2,8(11)12)6-5-7-15-3/h4-7H2,1-3H3,(H,11,12). The quantitative estimate of drug-likeness (QED) is 0.413. The molecule has 1 unspecified atom stereocenters. The number of aliphatic carboxylic acids is 1. The summed E-state index contributed by atoms with van der Waals surface area (Å²) in [7, 11) is 0. The maximum absolute atomic E-state index is 11.5. The van der Waals surface area contributed by atoms with Gasteiger partial charge in [-0.05, 0) is 38.7 Å². The number of hydrogen-bond donors (Lipinski definition) is 1. The van der Waals surface area contributed by atoms with Crippen LogP contribution in [0.2, 0.25) is 0 Å². The highest BCUT2D eigenvalue weighted by atomic mass is 32.2. The number of carboxylic acids is 1. The summed E-state index contributed by atoms with van der Waals surface area (Å²) in [5.74, 6) is -0.900. The second-order valence-corrected chi connectivity index (χ2v) is 4.44. The predicted octanol–water partition coefficient (Wildman–Crippen LogP) is 1.78. The molecule has 0 aromatic carbocycles. The van der Waals surface area contributed by atoms with Gasteiger partial charge in [-0.25, -0.2) is 0 Å². The topological polar surface area (TPSA) is 63.6 Å². The molecule has 4 nitrogen and oxygen atoms in total. The average Bonchev–Trinajstić information content (AvgIpc) is 2.18. The van der Waals surface area contributed by atoms with E-state index in [1.165, 1.54) is 6.92 Å². The van der Waals surface area contributed by atoms with E-state index in [9.17, 15) is 9.59 Å². The Morgan fingerprint density at radius 2 is 2.07 bits per heavy atom. The molecule has 0 amide bonds. The lowest BCUT2D eigenvalue weighted by Crippen LogP contribution is -2.38. The third-order valence-electron chi connectivity index (χ3n) is 2.22. The molecule has 0 bridgehead atoms. The van der Waals surface area contributed by atoms with Gasteiger partial charge in [-0.3, -0.25) is 9.59 Å². The molecular weight excluding hydrogens is 216 g/mol. The van der Waals surface area contributed by atoms with Gasteiger partial charge in [0.1, 0.15) is 0 Å². The highest BCUT2D eigenvalue weighted by Gasteiger charge is 2.42. The zero-order valence-electron chi connectivity index (χ0n) is 9.41. The van der Waals surface area contributed by atoms with Crippen molar-refractivity contribution in [3.05, 3.63) is 0 Å². The Hall–Kier alpha value is -0.710. The van der Waals surface area contributed by atoms with E-state index >= 15 is 0 Å². The van der Waals surface area contributed by atoms with Crippen LogP contribution in [0, 0.1) is 5.41 Å². The first-order chi connectivity index (χ1) is 6.99. The zero-order chi connectivity index (χ0) is 11.9. The molecule has 1 atom stereocenters. The number of esters is 1. The van der Waals surface area contributed by atoms with Crippen molar-refractivity contribution in [2.24, 2.45) is 5.41 Å². The van der Waals surface area contributed by atoms with Crippen LogP contribution in [0.5, 0.6) is 0 Å².